The van der Waals surface area contributed by atoms with Crippen molar-refractivity contribution in [2.75, 3.05) is 0 Å². The number of amides is 3. The minimum atomic E-state index is -0.627. The summed E-state index contributed by atoms with van der Waals surface area (Å²) in [6.07, 6.45) is 4.05. The highest BCUT2D eigenvalue weighted by atomic mass is 32.2. The third-order valence-corrected chi connectivity index (χ3v) is 5.02. The van der Waals surface area contributed by atoms with Gasteiger partial charge in [-0.1, -0.05) is 36.7 Å². The number of aromatic nitrogens is 2. The lowest BCUT2D eigenvalue weighted by Gasteiger charge is -2.13. The number of carbonyl (C=O) groups excluding carboxylic acids is 2. The molecule has 1 saturated carbocycles. The van der Waals surface area contributed by atoms with Gasteiger partial charge in [-0.3, -0.25) is 10.1 Å². The zero-order valence-corrected chi connectivity index (χ0v) is 15.0. The van der Waals surface area contributed by atoms with Crippen molar-refractivity contribution in [3.63, 3.8) is 0 Å². The van der Waals surface area contributed by atoms with Gasteiger partial charge in [-0.05, 0) is 31.9 Å². The summed E-state index contributed by atoms with van der Waals surface area (Å²) in [7, 11) is 0. The van der Waals surface area contributed by atoms with E-state index in [-0.39, 0.29) is 22.7 Å². The Morgan fingerprint density at radius 2 is 2.00 bits per heavy atom. The summed E-state index contributed by atoms with van der Waals surface area (Å²) in [5, 5.41) is 12.2. The zero-order valence-electron chi connectivity index (χ0n) is 14.2. The first-order chi connectivity index (χ1) is 12.5. The van der Waals surface area contributed by atoms with Gasteiger partial charge in [0.25, 0.3) is 11.1 Å². The summed E-state index contributed by atoms with van der Waals surface area (Å²) >= 11 is 1.00. The lowest BCUT2D eigenvalue weighted by Crippen LogP contribution is -2.45. The van der Waals surface area contributed by atoms with Crippen LogP contribution >= 0.6 is 11.8 Å². The summed E-state index contributed by atoms with van der Waals surface area (Å²) < 4.78 is 19.1. The number of carbonyl (C=O) groups is 2. The Kier molecular flexibility index (Phi) is 5.87. The van der Waals surface area contributed by atoms with Crippen LogP contribution in [0.2, 0.25) is 0 Å². The molecule has 1 atom stereocenters. The number of nitrogens with one attached hydrogen (secondary N) is 2. The van der Waals surface area contributed by atoms with Crippen LogP contribution in [0.3, 0.4) is 0 Å². The molecule has 2 aromatic rings. The molecule has 2 N–H and O–H groups in total. The van der Waals surface area contributed by atoms with E-state index < -0.39 is 23.0 Å². The molecule has 1 fully saturated rings. The van der Waals surface area contributed by atoms with Crippen LogP contribution in [-0.4, -0.2) is 33.4 Å². The average molecular weight is 378 g/mol. The van der Waals surface area contributed by atoms with Crippen molar-refractivity contribution >= 4 is 23.7 Å². The second kappa shape index (κ2) is 8.31. The molecule has 3 rings (SSSR count). The lowest BCUT2D eigenvalue weighted by molar-refractivity contribution is -0.119. The smallest absolute Gasteiger partial charge is 0.321 e. The highest BCUT2D eigenvalue weighted by Crippen LogP contribution is 2.27. The monoisotopic (exact) mass is 378 g/mol. The first kappa shape index (κ1) is 18.4. The van der Waals surface area contributed by atoms with Gasteiger partial charge in [0, 0.05) is 6.04 Å². The maximum atomic E-state index is 13.7. The maximum absolute atomic E-state index is 13.7. The van der Waals surface area contributed by atoms with Crippen molar-refractivity contribution in [1.29, 1.82) is 0 Å². The van der Waals surface area contributed by atoms with Gasteiger partial charge in [-0.2, -0.15) is 0 Å². The van der Waals surface area contributed by atoms with E-state index in [4.69, 9.17) is 4.42 Å². The Labute approximate surface area is 154 Å². The summed E-state index contributed by atoms with van der Waals surface area (Å²) in [5.41, 5.74) is 0.194. The van der Waals surface area contributed by atoms with Gasteiger partial charge in [-0.25, -0.2) is 9.18 Å². The zero-order chi connectivity index (χ0) is 18.5. The van der Waals surface area contributed by atoms with Gasteiger partial charge < -0.3 is 9.73 Å². The number of rotatable bonds is 5. The molecule has 1 aliphatic rings. The van der Waals surface area contributed by atoms with Crippen LogP contribution in [0.4, 0.5) is 9.18 Å². The molecule has 138 valence electrons. The molecule has 1 aromatic carbocycles. The topological polar surface area (TPSA) is 97.1 Å². The molecule has 9 heteroatoms. The van der Waals surface area contributed by atoms with Gasteiger partial charge in [-0.15, -0.1) is 10.2 Å². The van der Waals surface area contributed by atoms with Crippen LogP contribution in [0.1, 0.15) is 32.6 Å². The van der Waals surface area contributed by atoms with Crippen molar-refractivity contribution in [3.05, 3.63) is 30.1 Å². The number of hydrogen-bond acceptors (Lipinski definition) is 6. The van der Waals surface area contributed by atoms with Gasteiger partial charge in [0.1, 0.15) is 5.82 Å². The Bertz CT molecular complexity index is 792. The second-order valence-electron chi connectivity index (χ2n) is 6.06. The first-order valence-electron chi connectivity index (χ1n) is 8.39. The third kappa shape index (κ3) is 4.60. The number of urea groups is 1. The number of hydrogen-bond donors (Lipinski definition) is 2. The van der Waals surface area contributed by atoms with E-state index in [2.05, 4.69) is 20.8 Å². The summed E-state index contributed by atoms with van der Waals surface area (Å²) in [6, 6.07) is 5.69. The number of thioether (sulfide) groups is 1. The van der Waals surface area contributed by atoms with Crippen molar-refractivity contribution in [3.8, 4) is 11.5 Å². The molecular weight excluding hydrogens is 359 g/mol. The van der Waals surface area contributed by atoms with Crippen LogP contribution in [0, 0.1) is 5.82 Å². The standard InChI is InChI=1S/C17H19FN4O3S/c1-10(14(23)20-16(24)19-11-6-2-3-7-11)26-17-22-21-15(25-17)12-8-4-5-9-13(12)18/h4-5,8-11H,2-3,6-7H2,1H3,(H2,19,20,23,24)/t10-/m0/s1. The first-order valence-corrected chi connectivity index (χ1v) is 9.27. The molecule has 0 saturated heterocycles. The normalized spacial score (nSPS) is 15.6. The molecule has 0 bridgehead atoms. The number of nitrogens with zero attached hydrogens (tertiary/aromatic N) is 2. The molecule has 3 amide bonds. The van der Waals surface area contributed by atoms with Crippen LogP contribution in [0.25, 0.3) is 11.5 Å². The number of halogens is 1. The predicted molar refractivity (Wildman–Crippen MR) is 93.9 cm³/mol. The largest absolute Gasteiger partial charge is 0.411 e. The van der Waals surface area contributed by atoms with Crippen LogP contribution in [0.5, 0.6) is 0 Å². The molecule has 1 heterocycles. The van der Waals surface area contributed by atoms with Crippen LogP contribution in [0.15, 0.2) is 33.9 Å². The van der Waals surface area contributed by atoms with Gasteiger partial charge in [0.15, 0.2) is 0 Å². The Morgan fingerprint density at radius 3 is 2.73 bits per heavy atom. The molecule has 0 aliphatic heterocycles. The van der Waals surface area contributed by atoms with E-state index in [0.717, 1.165) is 37.4 Å². The summed E-state index contributed by atoms with van der Waals surface area (Å²) in [4.78, 5) is 24.0. The molecular formula is C17H19FN4O3S. The minimum absolute atomic E-state index is 0.0391. The Balaban J connectivity index is 1.54. The SMILES string of the molecule is C[C@H](Sc1nnc(-c2ccccc2F)o1)C(=O)NC(=O)NC1CCCC1. The van der Waals surface area contributed by atoms with E-state index in [1.165, 1.54) is 12.1 Å². The molecule has 0 radical (unpaired) electrons. The Morgan fingerprint density at radius 1 is 1.27 bits per heavy atom. The maximum Gasteiger partial charge on any atom is 0.321 e. The molecule has 7 nitrogen and oxygen atoms in total. The summed E-state index contributed by atoms with van der Waals surface area (Å²) in [5.74, 6) is -0.893. The molecule has 1 aliphatic carbocycles. The third-order valence-electron chi connectivity index (χ3n) is 4.08. The van der Waals surface area contributed by atoms with Gasteiger partial charge in [0.05, 0.1) is 10.8 Å². The Hall–Kier alpha value is -2.42. The van der Waals surface area contributed by atoms with E-state index >= 15 is 0 Å². The minimum Gasteiger partial charge on any atom is -0.411 e. The highest BCUT2D eigenvalue weighted by Gasteiger charge is 2.23. The molecule has 26 heavy (non-hydrogen) atoms. The molecule has 0 unspecified atom stereocenters. The van der Waals surface area contributed by atoms with Crippen LogP contribution in [-0.2, 0) is 4.79 Å². The van der Waals surface area contributed by atoms with Crippen molar-refractivity contribution in [1.82, 2.24) is 20.8 Å². The van der Waals surface area contributed by atoms with Crippen LogP contribution < -0.4 is 10.6 Å². The highest BCUT2D eigenvalue weighted by molar-refractivity contribution is 8.00. The number of imide groups is 1. The van der Waals surface area contributed by atoms with Crippen molar-refractivity contribution in [2.45, 2.75) is 49.1 Å². The van der Waals surface area contributed by atoms with E-state index in [0.29, 0.717) is 0 Å². The fourth-order valence-corrected chi connectivity index (χ4v) is 3.39. The molecule has 1 aromatic heterocycles. The quantitative estimate of drug-likeness (QED) is 0.776. The van der Waals surface area contributed by atoms with Gasteiger partial charge >= 0.3 is 6.03 Å². The fraction of sp³-hybridized carbons (Fsp3) is 0.412. The van der Waals surface area contributed by atoms with Crippen molar-refractivity contribution in [2.24, 2.45) is 0 Å². The van der Waals surface area contributed by atoms with E-state index in [1.807, 2.05) is 0 Å². The molecule has 0 spiro atoms. The predicted octanol–water partition coefficient (Wildman–Crippen LogP) is 3.12. The van der Waals surface area contributed by atoms with Crippen molar-refractivity contribution < 1.29 is 18.4 Å². The van der Waals surface area contributed by atoms with Gasteiger partial charge in [0.2, 0.25) is 5.91 Å². The average Bonchev–Trinajstić information content (AvgIpc) is 3.27. The number of benzene rings is 1. The fourth-order valence-electron chi connectivity index (χ4n) is 2.71. The van der Waals surface area contributed by atoms with E-state index in [9.17, 15) is 14.0 Å². The second-order valence-corrected chi connectivity index (χ2v) is 7.35. The summed E-state index contributed by atoms with van der Waals surface area (Å²) in [6.45, 7) is 1.62. The van der Waals surface area contributed by atoms with E-state index in [1.54, 1.807) is 19.1 Å². The lowest BCUT2D eigenvalue weighted by atomic mass is 10.2.